The van der Waals surface area contributed by atoms with Crippen molar-refractivity contribution in [2.45, 2.75) is 18.6 Å². The van der Waals surface area contributed by atoms with E-state index in [1.54, 1.807) is 19.5 Å². The zero-order valence-electron chi connectivity index (χ0n) is 9.38. The Balaban J connectivity index is 1.77. The molecule has 0 saturated carbocycles. The van der Waals surface area contributed by atoms with Crippen molar-refractivity contribution in [3.05, 3.63) is 18.3 Å². The van der Waals surface area contributed by atoms with Crippen LogP contribution >= 0.6 is 0 Å². The smallest absolute Gasteiger partial charge is 0.244 e. The summed E-state index contributed by atoms with van der Waals surface area (Å²) in [6.07, 6.45) is 4.43. The summed E-state index contributed by atoms with van der Waals surface area (Å²) in [4.78, 5) is 11.3. The van der Waals surface area contributed by atoms with Crippen molar-refractivity contribution in [1.29, 1.82) is 0 Å². The number of methoxy groups -OCH3 is 1. The maximum Gasteiger partial charge on any atom is 0.244 e. The van der Waals surface area contributed by atoms with E-state index in [0.717, 1.165) is 13.0 Å². The van der Waals surface area contributed by atoms with E-state index in [0.29, 0.717) is 17.5 Å². The summed E-state index contributed by atoms with van der Waals surface area (Å²) in [5.41, 5.74) is 0. The summed E-state index contributed by atoms with van der Waals surface area (Å²) in [6, 6.07) is 0.0659. The van der Waals surface area contributed by atoms with E-state index in [-0.39, 0.29) is 12.1 Å². The highest BCUT2D eigenvalue weighted by Crippen LogP contribution is 2.24. The van der Waals surface area contributed by atoms with Crippen molar-refractivity contribution in [3.63, 3.8) is 0 Å². The van der Waals surface area contributed by atoms with Crippen molar-refractivity contribution in [2.24, 2.45) is 0 Å². The fourth-order valence-corrected chi connectivity index (χ4v) is 1.93. The van der Waals surface area contributed by atoms with E-state index in [4.69, 9.17) is 9.26 Å². The normalized spacial score (nSPS) is 24.3. The first-order valence-corrected chi connectivity index (χ1v) is 5.46. The van der Waals surface area contributed by atoms with Crippen LogP contribution in [-0.2, 0) is 4.74 Å². The van der Waals surface area contributed by atoms with E-state index in [9.17, 15) is 0 Å². The Labute approximate surface area is 97.6 Å². The predicted molar refractivity (Wildman–Crippen MR) is 58.0 cm³/mol. The first kappa shape index (κ1) is 10.4. The lowest BCUT2D eigenvalue weighted by Crippen LogP contribution is -2.16. The van der Waals surface area contributed by atoms with Gasteiger partial charge in [-0.2, -0.15) is 4.98 Å². The molecular formula is C10H13N5O2. The lowest BCUT2D eigenvalue weighted by atomic mass is 10.2. The molecule has 1 fully saturated rings. The van der Waals surface area contributed by atoms with Crippen LogP contribution in [0, 0.1) is 0 Å². The highest BCUT2D eigenvalue weighted by atomic mass is 16.5. The van der Waals surface area contributed by atoms with Crippen LogP contribution in [0.4, 0.5) is 0 Å². The van der Waals surface area contributed by atoms with Gasteiger partial charge in [-0.25, -0.2) is 4.98 Å². The fraction of sp³-hybridized carbons (Fsp3) is 0.500. The summed E-state index contributed by atoms with van der Waals surface area (Å²) >= 11 is 0. The highest BCUT2D eigenvalue weighted by Gasteiger charge is 2.29. The van der Waals surface area contributed by atoms with Gasteiger partial charge in [-0.3, -0.25) is 0 Å². The molecular weight excluding hydrogens is 222 g/mol. The van der Waals surface area contributed by atoms with Gasteiger partial charge in [0.25, 0.3) is 0 Å². The SMILES string of the molecule is COC1CNC(c2nc(-c3ncc[nH]3)no2)C1. The molecule has 2 unspecified atom stereocenters. The average molecular weight is 235 g/mol. The second-order valence-electron chi connectivity index (χ2n) is 3.95. The van der Waals surface area contributed by atoms with Gasteiger partial charge >= 0.3 is 0 Å². The van der Waals surface area contributed by atoms with Gasteiger partial charge in [0.1, 0.15) is 0 Å². The minimum atomic E-state index is 0.0659. The number of hydrogen-bond acceptors (Lipinski definition) is 6. The van der Waals surface area contributed by atoms with Crippen molar-refractivity contribution in [2.75, 3.05) is 13.7 Å². The molecule has 2 aromatic heterocycles. The van der Waals surface area contributed by atoms with E-state index in [2.05, 4.69) is 25.4 Å². The van der Waals surface area contributed by atoms with Crippen LogP contribution in [0.15, 0.2) is 16.9 Å². The van der Waals surface area contributed by atoms with Gasteiger partial charge in [0.05, 0.1) is 12.1 Å². The largest absolute Gasteiger partial charge is 0.380 e. The molecule has 0 spiro atoms. The molecule has 17 heavy (non-hydrogen) atoms. The number of nitrogens with one attached hydrogen (secondary N) is 2. The van der Waals surface area contributed by atoms with Crippen LogP contribution in [0.5, 0.6) is 0 Å². The van der Waals surface area contributed by atoms with Crippen molar-refractivity contribution < 1.29 is 9.26 Å². The average Bonchev–Trinajstić information content (AvgIpc) is 3.09. The van der Waals surface area contributed by atoms with Gasteiger partial charge in [-0.05, 0) is 6.42 Å². The molecule has 90 valence electrons. The van der Waals surface area contributed by atoms with Crippen LogP contribution in [-0.4, -0.2) is 39.9 Å². The van der Waals surface area contributed by atoms with Crippen LogP contribution in [0.1, 0.15) is 18.4 Å². The Kier molecular flexibility index (Phi) is 2.62. The van der Waals surface area contributed by atoms with E-state index >= 15 is 0 Å². The van der Waals surface area contributed by atoms with E-state index in [1.807, 2.05) is 0 Å². The summed E-state index contributed by atoms with van der Waals surface area (Å²) < 4.78 is 10.5. The third kappa shape index (κ3) is 1.94. The second-order valence-corrected chi connectivity index (χ2v) is 3.95. The molecule has 1 saturated heterocycles. The van der Waals surface area contributed by atoms with Gasteiger partial charge in [-0.15, -0.1) is 0 Å². The molecule has 0 amide bonds. The molecule has 7 heteroatoms. The standard InChI is InChI=1S/C10H13N5O2/c1-16-6-4-7(13-5-6)10-14-9(15-17-10)8-11-2-3-12-8/h2-3,6-7,13H,4-5H2,1H3,(H,11,12). The topological polar surface area (TPSA) is 88.9 Å². The van der Waals surface area contributed by atoms with Gasteiger partial charge in [0.2, 0.25) is 11.7 Å². The van der Waals surface area contributed by atoms with Crippen LogP contribution in [0.2, 0.25) is 0 Å². The molecule has 0 aromatic carbocycles. The molecule has 1 aliphatic heterocycles. The molecule has 2 atom stereocenters. The Hall–Kier alpha value is -1.73. The quantitative estimate of drug-likeness (QED) is 0.805. The summed E-state index contributed by atoms with van der Waals surface area (Å²) in [7, 11) is 1.71. The molecule has 2 aromatic rings. The van der Waals surface area contributed by atoms with Crippen LogP contribution < -0.4 is 5.32 Å². The van der Waals surface area contributed by atoms with Gasteiger partial charge in [-0.1, -0.05) is 5.16 Å². The molecule has 3 heterocycles. The molecule has 0 bridgehead atoms. The van der Waals surface area contributed by atoms with Crippen molar-refractivity contribution in [3.8, 4) is 11.6 Å². The third-order valence-electron chi connectivity index (χ3n) is 2.87. The number of nitrogens with zero attached hydrogens (tertiary/aromatic N) is 3. The highest BCUT2D eigenvalue weighted by molar-refractivity contribution is 5.40. The number of aromatic amines is 1. The van der Waals surface area contributed by atoms with Crippen LogP contribution in [0.3, 0.4) is 0 Å². The summed E-state index contributed by atoms with van der Waals surface area (Å²) in [5.74, 6) is 1.67. The number of H-pyrrole nitrogens is 1. The lowest BCUT2D eigenvalue weighted by molar-refractivity contribution is 0.116. The Morgan fingerprint density at radius 3 is 3.18 bits per heavy atom. The summed E-state index contributed by atoms with van der Waals surface area (Å²) in [5, 5.41) is 7.17. The Morgan fingerprint density at radius 2 is 2.47 bits per heavy atom. The molecule has 2 N–H and O–H groups in total. The summed E-state index contributed by atoms with van der Waals surface area (Å²) in [6.45, 7) is 0.805. The first-order chi connectivity index (χ1) is 8.36. The van der Waals surface area contributed by atoms with E-state index in [1.165, 1.54) is 0 Å². The zero-order valence-corrected chi connectivity index (χ0v) is 9.38. The molecule has 7 nitrogen and oxygen atoms in total. The van der Waals surface area contributed by atoms with E-state index < -0.39 is 0 Å². The molecule has 0 aliphatic carbocycles. The van der Waals surface area contributed by atoms with Gasteiger partial charge in [0.15, 0.2) is 5.82 Å². The Morgan fingerprint density at radius 1 is 1.53 bits per heavy atom. The predicted octanol–water partition coefficient (Wildman–Crippen LogP) is 0.509. The van der Waals surface area contributed by atoms with Gasteiger partial charge in [0, 0.05) is 26.0 Å². The third-order valence-corrected chi connectivity index (χ3v) is 2.87. The number of imidazole rings is 1. The lowest BCUT2D eigenvalue weighted by Gasteiger charge is -2.04. The first-order valence-electron chi connectivity index (χ1n) is 5.46. The maximum atomic E-state index is 5.27. The molecule has 1 aliphatic rings. The second kappa shape index (κ2) is 4.27. The van der Waals surface area contributed by atoms with Crippen molar-refractivity contribution in [1.82, 2.24) is 25.4 Å². The Bertz CT molecular complexity index is 481. The number of hydrogen-bond donors (Lipinski definition) is 2. The minimum absolute atomic E-state index is 0.0659. The molecule has 0 radical (unpaired) electrons. The number of ether oxygens (including phenoxy) is 1. The zero-order chi connectivity index (χ0) is 11.7. The fourth-order valence-electron chi connectivity index (χ4n) is 1.93. The van der Waals surface area contributed by atoms with Crippen LogP contribution in [0.25, 0.3) is 11.6 Å². The number of aromatic nitrogens is 4. The minimum Gasteiger partial charge on any atom is -0.380 e. The number of rotatable bonds is 3. The maximum absolute atomic E-state index is 5.27. The molecule has 3 rings (SSSR count). The van der Waals surface area contributed by atoms with Gasteiger partial charge < -0.3 is 19.6 Å². The van der Waals surface area contributed by atoms with Crippen molar-refractivity contribution >= 4 is 0 Å². The monoisotopic (exact) mass is 235 g/mol.